The minimum absolute atomic E-state index is 0.00514. The number of aromatic hydroxyl groups is 2. The van der Waals surface area contributed by atoms with Crippen LogP contribution in [-0.2, 0) is 9.59 Å². The van der Waals surface area contributed by atoms with Crippen LogP contribution in [0.1, 0.15) is 24.4 Å². The lowest BCUT2D eigenvalue weighted by Crippen LogP contribution is -2.01. The Balaban J connectivity index is 2.35. The topological polar surface area (TPSA) is 93.1 Å². The highest BCUT2D eigenvalue weighted by Crippen LogP contribution is 2.27. The number of allylic oxidation sites excluding steroid dienone is 2. The number of hydrogen-bond donors (Lipinski definition) is 2. The van der Waals surface area contributed by atoms with Crippen LogP contribution in [0, 0.1) is 0 Å². The lowest BCUT2D eigenvalue weighted by molar-refractivity contribution is -0.121. The maximum absolute atomic E-state index is 12.5. The van der Waals surface area contributed by atoms with Crippen molar-refractivity contribution in [2.24, 2.45) is 0 Å². The molecule has 0 unspecified atom stereocenters. The van der Waals surface area contributed by atoms with Gasteiger partial charge in [-0.05, 0) is 47.5 Å². The van der Waals surface area contributed by atoms with Gasteiger partial charge in [-0.3, -0.25) is 9.59 Å². The summed E-state index contributed by atoms with van der Waals surface area (Å²) in [5, 5.41) is 19.2. The van der Waals surface area contributed by atoms with E-state index >= 15 is 0 Å². The third-order valence-corrected chi connectivity index (χ3v) is 3.28. The van der Waals surface area contributed by atoms with E-state index in [0.29, 0.717) is 0 Å². The Morgan fingerprint density at radius 1 is 0.926 bits per heavy atom. The summed E-state index contributed by atoms with van der Waals surface area (Å²) in [6.07, 6.45) is -2.23. The van der Waals surface area contributed by atoms with Gasteiger partial charge in [-0.1, -0.05) is 24.2 Å². The first-order valence-corrected chi connectivity index (χ1v) is 7.63. The van der Waals surface area contributed by atoms with Crippen LogP contribution in [-0.4, -0.2) is 36.0 Å². The standard InChI is InChI=1S/C21H20O6/c1-26-20-11-14(5-9-18(20)24)3-7-16(22)13-17(23)8-4-15-6-10-19(25)21(12-15)27-2/h3-12,24-25H,13H2,1-2H3/b7-3+,8-4+/i3D,4D,7D,8D,13D. The first-order chi connectivity index (χ1) is 15.0. The molecule has 0 heterocycles. The molecule has 0 bridgehead atoms. The molecule has 0 atom stereocenters. The highest BCUT2D eigenvalue weighted by molar-refractivity contribution is 6.10. The van der Waals surface area contributed by atoms with Crippen LogP contribution in [0.3, 0.4) is 0 Å². The van der Waals surface area contributed by atoms with Gasteiger partial charge in [0.25, 0.3) is 0 Å². The molecule has 2 aromatic carbocycles. The Labute approximate surface area is 164 Å². The predicted octanol–water partition coefficient (Wildman–Crippen LogP) is 3.37. The average molecular weight is 373 g/mol. The summed E-state index contributed by atoms with van der Waals surface area (Å²) in [6, 6.07) is 4.25. The molecule has 0 radical (unpaired) electrons. The van der Waals surface area contributed by atoms with Crippen LogP contribution in [0.2, 0.25) is 0 Å². The number of phenolic OH excluding ortho intramolecular Hbond substituents is 2. The highest BCUT2D eigenvalue weighted by Gasteiger charge is 2.06. The molecule has 0 aliphatic carbocycles. The molecular weight excluding hydrogens is 348 g/mol. The molecule has 0 saturated carbocycles. The lowest BCUT2D eigenvalue weighted by atomic mass is 10.1. The Morgan fingerprint density at radius 3 is 1.70 bits per heavy atom. The van der Waals surface area contributed by atoms with Gasteiger partial charge in [0.1, 0.15) is 0 Å². The minimum atomic E-state index is -2.23. The van der Waals surface area contributed by atoms with Crippen LogP contribution in [0.15, 0.2) is 48.5 Å². The summed E-state index contributed by atoms with van der Waals surface area (Å²) in [7, 11) is 2.56. The first-order valence-electron chi connectivity index (χ1n) is 10.2. The lowest BCUT2D eigenvalue weighted by Gasteiger charge is -2.03. The Kier molecular flexibility index (Phi) is 4.67. The fraction of sp³-hybridized carbons (Fsp3) is 0.143. The predicted molar refractivity (Wildman–Crippen MR) is 102 cm³/mol. The van der Waals surface area contributed by atoms with Crippen molar-refractivity contribution < 1.29 is 36.1 Å². The normalized spacial score (nSPS) is 16.3. The molecule has 0 fully saturated rings. The number of methoxy groups -OCH3 is 2. The summed E-state index contributed by atoms with van der Waals surface area (Å²) in [5.74, 6) is -3.07. The van der Waals surface area contributed by atoms with Gasteiger partial charge in [-0.25, -0.2) is 0 Å². The van der Waals surface area contributed by atoms with E-state index in [-0.39, 0.29) is 34.1 Å². The number of carbonyl (C=O) groups excluding carboxylic acids is 2. The molecule has 2 N–H and O–H groups in total. The van der Waals surface area contributed by atoms with E-state index in [1.54, 1.807) is 0 Å². The maximum atomic E-state index is 12.5. The molecule has 0 spiro atoms. The quantitative estimate of drug-likeness (QED) is 0.544. The molecule has 0 aromatic heterocycles. The van der Waals surface area contributed by atoms with Crippen molar-refractivity contribution >= 4 is 23.7 Å². The molecular formula is C21H20O6. The number of carbonyl (C=O) groups is 2. The van der Waals surface area contributed by atoms with Gasteiger partial charge in [0.05, 0.1) is 26.1 Å². The van der Waals surface area contributed by atoms with Crippen LogP contribution < -0.4 is 9.47 Å². The van der Waals surface area contributed by atoms with Gasteiger partial charge in [0, 0.05) is 1.37 Å². The monoisotopic (exact) mass is 373 g/mol. The number of phenols is 2. The van der Waals surface area contributed by atoms with Crippen LogP contribution in [0.25, 0.3) is 12.1 Å². The fourth-order valence-corrected chi connectivity index (χ4v) is 1.97. The van der Waals surface area contributed by atoms with Crippen molar-refractivity contribution in [3.8, 4) is 23.0 Å². The zero-order valence-electron chi connectivity index (χ0n) is 19.6. The second kappa shape index (κ2) is 9.24. The number of benzene rings is 2. The fourth-order valence-electron chi connectivity index (χ4n) is 1.97. The first kappa shape index (κ1) is 13.6. The van der Waals surface area contributed by atoms with E-state index in [1.807, 2.05) is 0 Å². The number of ether oxygens (including phenoxy) is 2. The Morgan fingerprint density at radius 2 is 1.33 bits per heavy atom. The second-order valence-electron chi connectivity index (χ2n) is 5.15. The van der Waals surface area contributed by atoms with E-state index in [1.165, 1.54) is 50.6 Å². The number of hydrogen-bond acceptors (Lipinski definition) is 6. The number of rotatable bonds is 8. The third-order valence-electron chi connectivity index (χ3n) is 3.28. The Bertz CT molecular complexity index is 1040. The van der Waals surface area contributed by atoms with E-state index in [2.05, 4.69) is 0 Å². The third kappa shape index (κ3) is 5.74. The summed E-state index contributed by atoms with van der Waals surface area (Å²) in [4.78, 5) is 24.9. The molecule has 6 heteroatoms. The summed E-state index contributed by atoms with van der Waals surface area (Å²) in [5.41, 5.74) is 0.0771. The summed E-state index contributed by atoms with van der Waals surface area (Å²) in [6.45, 7) is 0. The molecule has 2 rings (SSSR count). The minimum Gasteiger partial charge on any atom is -0.504 e. The van der Waals surface area contributed by atoms with E-state index in [4.69, 9.17) is 16.3 Å². The summed E-state index contributed by atoms with van der Waals surface area (Å²) < 4.78 is 49.6. The maximum Gasteiger partial charge on any atom is 0.163 e. The van der Waals surface area contributed by atoms with Crippen molar-refractivity contribution in [1.29, 1.82) is 0 Å². The van der Waals surface area contributed by atoms with Gasteiger partial charge >= 0.3 is 0 Å². The smallest absolute Gasteiger partial charge is 0.163 e. The Hall–Kier alpha value is -3.54. The largest absolute Gasteiger partial charge is 0.504 e. The van der Waals surface area contributed by atoms with Gasteiger partial charge < -0.3 is 19.7 Å². The van der Waals surface area contributed by atoms with Crippen molar-refractivity contribution in [3.05, 3.63) is 59.6 Å². The van der Waals surface area contributed by atoms with Crippen molar-refractivity contribution in [3.63, 3.8) is 0 Å². The molecule has 6 nitrogen and oxygen atoms in total. The highest BCUT2D eigenvalue weighted by atomic mass is 16.5. The van der Waals surface area contributed by atoms with Gasteiger partial charge in [-0.15, -0.1) is 0 Å². The van der Waals surface area contributed by atoms with Gasteiger partial charge in [-0.2, -0.15) is 0 Å². The summed E-state index contributed by atoms with van der Waals surface area (Å²) >= 11 is 0. The van der Waals surface area contributed by atoms with Crippen LogP contribution in [0.4, 0.5) is 0 Å². The SMILES string of the molecule is [2H]/C(C(=O)C([2H])C(=O)/C([2H])=C(\[2H])c1ccc(O)c(OC)c1)=C(/[2H])c1ccc(O)c(OC)c1. The average Bonchev–Trinajstić information content (AvgIpc) is 2.81. The van der Waals surface area contributed by atoms with Crippen molar-refractivity contribution in [2.45, 2.75) is 6.40 Å². The second-order valence-corrected chi connectivity index (χ2v) is 5.15. The zero-order valence-corrected chi connectivity index (χ0v) is 14.6. The molecule has 0 aliphatic rings. The molecule has 27 heavy (non-hydrogen) atoms. The van der Waals surface area contributed by atoms with Crippen LogP contribution in [0.5, 0.6) is 23.0 Å². The van der Waals surface area contributed by atoms with E-state index < -0.39 is 42.2 Å². The molecule has 0 amide bonds. The van der Waals surface area contributed by atoms with E-state index in [9.17, 15) is 19.8 Å². The molecule has 2 aromatic rings. The molecule has 0 saturated heterocycles. The zero-order chi connectivity index (χ0) is 24.2. The van der Waals surface area contributed by atoms with Gasteiger partial charge in [0.2, 0.25) is 0 Å². The molecule has 0 aliphatic heterocycles. The van der Waals surface area contributed by atoms with Crippen molar-refractivity contribution in [1.82, 2.24) is 0 Å². The number of ketones is 2. The van der Waals surface area contributed by atoms with E-state index in [0.717, 1.165) is 0 Å². The van der Waals surface area contributed by atoms with Gasteiger partial charge in [0.15, 0.2) is 34.6 Å². The molecule has 140 valence electrons. The van der Waals surface area contributed by atoms with Crippen LogP contribution >= 0.6 is 0 Å². The van der Waals surface area contributed by atoms with Crippen molar-refractivity contribution in [2.75, 3.05) is 14.2 Å².